The highest BCUT2D eigenvalue weighted by Gasteiger charge is 2.20. The number of hydrogen-bond donors (Lipinski definition) is 2. The van der Waals surface area contributed by atoms with Gasteiger partial charge in [-0.15, -0.1) is 0 Å². The highest BCUT2D eigenvalue weighted by molar-refractivity contribution is 5.73. The predicted octanol–water partition coefficient (Wildman–Crippen LogP) is 0.977. The molecule has 0 aliphatic carbocycles. The number of carbonyl (C=O) groups excluding carboxylic acids is 1. The number of rotatable bonds is 4. The third-order valence-electron chi connectivity index (χ3n) is 4.25. The fraction of sp³-hybridized carbons (Fsp3) is 0.929. The molecule has 0 aromatic carbocycles. The summed E-state index contributed by atoms with van der Waals surface area (Å²) in [6, 6.07) is 0.412. The summed E-state index contributed by atoms with van der Waals surface area (Å²) in [5.41, 5.74) is 0. The molecule has 2 N–H and O–H groups in total. The molecule has 104 valence electrons. The average Bonchev–Trinajstić information content (AvgIpc) is 2.38. The molecule has 0 bridgehead atoms. The first-order valence-corrected chi connectivity index (χ1v) is 7.44. The third-order valence-corrected chi connectivity index (χ3v) is 4.25. The van der Waals surface area contributed by atoms with E-state index in [0.717, 1.165) is 31.8 Å². The Hall–Kier alpha value is -0.610. The van der Waals surface area contributed by atoms with E-state index in [1.54, 1.807) is 6.92 Å². The molecule has 4 nitrogen and oxygen atoms in total. The van der Waals surface area contributed by atoms with E-state index in [-0.39, 0.29) is 5.91 Å². The molecule has 2 heterocycles. The van der Waals surface area contributed by atoms with Crippen LogP contribution in [-0.4, -0.2) is 49.6 Å². The summed E-state index contributed by atoms with van der Waals surface area (Å²) in [7, 11) is 0. The van der Waals surface area contributed by atoms with Crippen LogP contribution in [0.5, 0.6) is 0 Å². The van der Waals surface area contributed by atoms with Crippen molar-refractivity contribution in [3.05, 3.63) is 0 Å². The number of carbonyl (C=O) groups is 1. The molecule has 1 unspecified atom stereocenters. The largest absolute Gasteiger partial charge is 0.354 e. The van der Waals surface area contributed by atoms with Crippen molar-refractivity contribution in [1.82, 2.24) is 15.5 Å². The zero-order chi connectivity index (χ0) is 12.8. The van der Waals surface area contributed by atoms with Crippen molar-refractivity contribution >= 4 is 5.91 Å². The van der Waals surface area contributed by atoms with E-state index in [4.69, 9.17) is 0 Å². The Balaban J connectivity index is 1.59. The third kappa shape index (κ3) is 4.58. The number of nitrogens with zero attached hydrogens (tertiary/aromatic N) is 1. The molecule has 1 amide bonds. The van der Waals surface area contributed by atoms with Crippen molar-refractivity contribution in [2.45, 2.75) is 45.1 Å². The van der Waals surface area contributed by atoms with Crippen molar-refractivity contribution in [3.8, 4) is 0 Å². The molecule has 2 fully saturated rings. The lowest BCUT2D eigenvalue weighted by atomic mass is 9.95. The predicted molar refractivity (Wildman–Crippen MR) is 73.5 cm³/mol. The van der Waals surface area contributed by atoms with Crippen LogP contribution in [0.25, 0.3) is 0 Å². The van der Waals surface area contributed by atoms with Crippen LogP contribution in [0.4, 0.5) is 0 Å². The maximum absolute atomic E-state index is 11.0. The van der Waals surface area contributed by atoms with Crippen LogP contribution in [0.3, 0.4) is 0 Å². The van der Waals surface area contributed by atoms with Gasteiger partial charge in [-0.25, -0.2) is 0 Å². The van der Waals surface area contributed by atoms with E-state index < -0.39 is 0 Å². The SMILES string of the molecule is CC(=O)NC1CCN(CCC2CCCNC2)CC1. The highest BCUT2D eigenvalue weighted by Crippen LogP contribution is 2.17. The molecule has 2 aliphatic rings. The monoisotopic (exact) mass is 253 g/mol. The highest BCUT2D eigenvalue weighted by atomic mass is 16.1. The van der Waals surface area contributed by atoms with Crippen LogP contribution in [0, 0.1) is 5.92 Å². The van der Waals surface area contributed by atoms with Crippen LogP contribution >= 0.6 is 0 Å². The molecule has 0 aromatic rings. The maximum atomic E-state index is 11.0. The molecule has 18 heavy (non-hydrogen) atoms. The molecule has 4 heteroatoms. The molecular formula is C14H27N3O. The van der Waals surface area contributed by atoms with Gasteiger partial charge in [0.15, 0.2) is 0 Å². The number of likely N-dealkylation sites (tertiary alicyclic amines) is 1. The van der Waals surface area contributed by atoms with Gasteiger partial charge in [-0.2, -0.15) is 0 Å². The second-order valence-corrected chi connectivity index (χ2v) is 5.82. The number of amides is 1. The summed E-state index contributed by atoms with van der Waals surface area (Å²) in [5.74, 6) is 0.994. The first kappa shape index (κ1) is 13.8. The minimum Gasteiger partial charge on any atom is -0.354 e. The Labute approximate surface area is 110 Å². The summed E-state index contributed by atoms with van der Waals surface area (Å²) < 4.78 is 0. The van der Waals surface area contributed by atoms with Crippen LogP contribution in [0.15, 0.2) is 0 Å². The standard InChI is InChI=1S/C14H27N3O/c1-12(18)16-14-5-9-17(10-6-14)8-4-13-3-2-7-15-11-13/h13-15H,2-11H2,1H3,(H,16,18). The molecular weight excluding hydrogens is 226 g/mol. The van der Waals surface area contributed by atoms with E-state index >= 15 is 0 Å². The van der Waals surface area contributed by atoms with Gasteiger partial charge in [-0.3, -0.25) is 4.79 Å². The van der Waals surface area contributed by atoms with Crippen LogP contribution in [0.2, 0.25) is 0 Å². The lowest BCUT2D eigenvalue weighted by Crippen LogP contribution is -2.44. The molecule has 2 rings (SSSR count). The summed E-state index contributed by atoms with van der Waals surface area (Å²) in [6.45, 7) is 7.55. The topological polar surface area (TPSA) is 44.4 Å². The quantitative estimate of drug-likeness (QED) is 0.785. The van der Waals surface area contributed by atoms with E-state index in [1.807, 2.05) is 0 Å². The van der Waals surface area contributed by atoms with Gasteiger partial charge in [0.25, 0.3) is 0 Å². The fourth-order valence-electron chi connectivity index (χ4n) is 3.12. The van der Waals surface area contributed by atoms with Gasteiger partial charge in [-0.05, 0) is 57.7 Å². The molecule has 2 saturated heterocycles. The smallest absolute Gasteiger partial charge is 0.217 e. The Bertz CT molecular complexity index is 256. The second-order valence-electron chi connectivity index (χ2n) is 5.82. The molecule has 0 radical (unpaired) electrons. The lowest BCUT2D eigenvalue weighted by Gasteiger charge is -2.33. The van der Waals surface area contributed by atoms with Crippen molar-refractivity contribution < 1.29 is 4.79 Å². The molecule has 0 saturated carbocycles. The van der Waals surface area contributed by atoms with Gasteiger partial charge in [-0.1, -0.05) is 0 Å². The van der Waals surface area contributed by atoms with Crippen molar-refractivity contribution in [3.63, 3.8) is 0 Å². The number of hydrogen-bond acceptors (Lipinski definition) is 3. The first-order chi connectivity index (χ1) is 8.74. The van der Waals surface area contributed by atoms with Crippen molar-refractivity contribution in [1.29, 1.82) is 0 Å². The normalized spacial score (nSPS) is 27.1. The van der Waals surface area contributed by atoms with E-state index in [1.165, 1.54) is 38.9 Å². The Morgan fingerprint density at radius 3 is 2.72 bits per heavy atom. The summed E-state index contributed by atoms with van der Waals surface area (Å²) in [5, 5.41) is 6.52. The Morgan fingerprint density at radius 1 is 1.33 bits per heavy atom. The number of piperidine rings is 2. The second kappa shape index (κ2) is 7.10. The van der Waals surface area contributed by atoms with Gasteiger partial charge in [0.2, 0.25) is 5.91 Å². The summed E-state index contributed by atoms with van der Waals surface area (Å²) in [4.78, 5) is 13.6. The molecule has 0 aromatic heterocycles. The van der Waals surface area contributed by atoms with Crippen LogP contribution in [0.1, 0.15) is 39.0 Å². The molecule has 2 aliphatic heterocycles. The average molecular weight is 253 g/mol. The van der Waals surface area contributed by atoms with E-state index in [2.05, 4.69) is 15.5 Å². The van der Waals surface area contributed by atoms with Gasteiger partial charge < -0.3 is 15.5 Å². The van der Waals surface area contributed by atoms with Gasteiger partial charge in [0, 0.05) is 26.1 Å². The van der Waals surface area contributed by atoms with Crippen LogP contribution < -0.4 is 10.6 Å². The zero-order valence-electron chi connectivity index (χ0n) is 11.6. The maximum Gasteiger partial charge on any atom is 0.217 e. The van der Waals surface area contributed by atoms with Gasteiger partial charge in [0.05, 0.1) is 0 Å². The van der Waals surface area contributed by atoms with Gasteiger partial charge >= 0.3 is 0 Å². The lowest BCUT2D eigenvalue weighted by molar-refractivity contribution is -0.119. The van der Waals surface area contributed by atoms with Crippen molar-refractivity contribution in [2.24, 2.45) is 5.92 Å². The molecule has 1 atom stereocenters. The molecule has 0 spiro atoms. The summed E-state index contributed by atoms with van der Waals surface area (Å²) >= 11 is 0. The number of nitrogens with one attached hydrogen (secondary N) is 2. The Kier molecular flexibility index (Phi) is 5.45. The van der Waals surface area contributed by atoms with E-state index in [0.29, 0.717) is 6.04 Å². The zero-order valence-corrected chi connectivity index (χ0v) is 11.6. The van der Waals surface area contributed by atoms with Gasteiger partial charge in [0.1, 0.15) is 0 Å². The van der Waals surface area contributed by atoms with Crippen LogP contribution in [-0.2, 0) is 4.79 Å². The fourth-order valence-corrected chi connectivity index (χ4v) is 3.12. The Morgan fingerprint density at radius 2 is 2.11 bits per heavy atom. The van der Waals surface area contributed by atoms with E-state index in [9.17, 15) is 4.79 Å². The minimum absolute atomic E-state index is 0.113. The minimum atomic E-state index is 0.113. The summed E-state index contributed by atoms with van der Waals surface area (Å²) in [6.07, 6.45) is 6.30. The first-order valence-electron chi connectivity index (χ1n) is 7.44. The van der Waals surface area contributed by atoms with Crippen molar-refractivity contribution in [2.75, 3.05) is 32.7 Å².